The van der Waals surface area contributed by atoms with E-state index in [4.69, 9.17) is 4.74 Å². The van der Waals surface area contributed by atoms with Crippen LogP contribution < -0.4 is 0 Å². The van der Waals surface area contributed by atoms with Crippen LogP contribution >= 0.6 is 0 Å². The van der Waals surface area contributed by atoms with Gasteiger partial charge in [-0.15, -0.1) is 0 Å². The van der Waals surface area contributed by atoms with Crippen LogP contribution in [0.2, 0.25) is 0 Å². The highest BCUT2D eigenvalue weighted by atomic mass is 16.5. The van der Waals surface area contributed by atoms with E-state index in [1.807, 2.05) is 6.08 Å². The highest BCUT2D eigenvalue weighted by Crippen LogP contribution is 2.66. The molecule has 0 aromatic heterocycles. The molecule has 0 amide bonds. The molecule has 6 atom stereocenters. The Labute approximate surface area is 158 Å². The summed E-state index contributed by atoms with van der Waals surface area (Å²) >= 11 is 0. The van der Waals surface area contributed by atoms with E-state index in [2.05, 4.69) is 32.6 Å². The number of carbonyl (C=O) groups excluding carboxylic acids is 1. The van der Waals surface area contributed by atoms with Crippen LogP contribution in [0.5, 0.6) is 0 Å². The van der Waals surface area contributed by atoms with Gasteiger partial charge in [0, 0.05) is 13.3 Å². The summed E-state index contributed by atoms with van der Waals surface area (Å²) in [4.78, 5) is 11.4. The maximum atomic E-state index is 11.4. The Morgan fingerprint density at radius 2 is 1.92 bits per heavy atom. The molecule has 26 heavy (non-hydrogen) atoms. The van der Waals surface area contributed by atoms with Crippen LogP contribution in [-0.4, -0.2) is 12.1 Å². The first-order chi connectivity index (χ1) is 12.4. The van der Waals surface area contributed by atoms with Crippen LogP contribution in [0.25, 0.3) is 0 Å². The van der Waals surface area contributed by atoms with Crippen molar-refractivity contribution in [3.8, 4) is 0 Å². The fourth-order valence-corrected chi connectivity index (χ4v) is 7.23. The van der Waals surface area contributed by atoms with Gasteiger partial charge < -0.3 is 4.74 Å². The van der Waals surface area contributed by atoms with Crippen LogP contribution in [0.3, 0.4) is 0 Å². The van der Waals surface area contributed by atoms with Crippen LogP contribution in [0.4, 0.5) is 0 Å². The van der Waals surface area contributed by atoms with Crippen LogP contribution in [0, 0.1) is 28.6 Å². The van der Waals surface area contributed by atoms with Gasteiger partial charge in [0.15, 0.2) is 0 Å². The molecule has 3 fully saturated rings. The van der Waals surface area contributed by atoms with Crippen molar-refractivity contribution in [3.05, 3.63) is 36.0 Å². The second-order valence-corrected chi connectivity index (χ2v) is 9.66. The van der Waals surface area contributed by atoms with Crippen molar-refractivity contribution in [2.24, 2.45) is 28.6 Å². The number of rotatable bonds is 2. The SMILES string of the molecule is C=CC=C1CCC2C3CC=C4CC(OC(C)=O)CCC4(C)C3CCC12C. The Hall–Kier alpha value is -1.31. The van der Waals surface area contributed by atoms with Gasteiger partial charge in [0.2, 0.25) is 0 Å². The van der Waals surface area contributed by atoms with Gasteiger partial charge in [-0.25, -0.2) is 0 Å². The summed E-state index contributed by atoms with van der Waals surface area (Å²) in [5.74, 6) is 2.33. The molecule has 0 radical (unpaired) electrons. The largest absolute Gasteiger partial charge is 0.462 e. The summed E-state index contributed by atoms with van der Waals surface area (Å²) in [6.07, 6.45) is 16.6. The van der Waals surface area contributed by atoms with E-state index in [0.29, 0.717) is 10.8 Å². The van der Waals surface area contributed by atoms with E-state index >= 15 is 0 Å². The predicted octanol–water partition coefficient (Wildman–Crippen LogP) is 5.99. The van der Waals surface area contributed by atoms with Crippen molar-refractivity contribution in [2.45, 2.75) is 78.2 Å². The van der Waals surface area contributed by atoms with Crippen LogP contribution in [0.15, 0.2) is 36.0 Å². The molecule has 0 bridgehead atoms. The second-order valence-electron chi connectivity index (χ2n) is 9.66. The number of hydrogen-bond donors (Lipinski definition) is 0. The zero-order valence-electron chi connectivity index (χ0n) is 16.7. The number of carbonyl (C=O) groups is 1. The molecular weight excluding hydrogens is 320 g/mol. The topological polar surface area (TPSA) is 26.3 Å². The molecule has 0 N–H and O–H groups in total. The van der Waals surface area contributed by atoms with Crippen molar-refractivity contribution >= 4 is 5.97 Å². The zero-order chi connectivity index (χ0) is 18.5. The number of fused-ring (bicyclic) bond motifs is 5. The molecule has 4 aliphatic carbocycles. The normalized spacial score (nSPS) is 46.0. The molecule has 4 aliphatic rings. The molecular formula is C24H34O2. The lowest BCUT2D eigenvalue weighted by molar-refractivity contribution is -0.148. The standard InChI is InChI=1S/C24H34O2/c1-5-6-17-8-10-21-20-9-7-18-15-19(26-16(2)25)11-13-24(18,4)22(20)12-14-23(17,21)3/h5-7,19-22H,1,8-15H2,2-4H3. The van der Waals surface area contributed by atoms with E-state index in [1.165, 1.54) is 45.4 Å². The van der Waals surface area contributed by atoms with Crippen molar-refractivity contribution in [1.29, 1.82) is 0 Å². The third kappa shape index (κ3) is 2.63. The van der Waals surface area contributed by atoms with E-state index < -0.39 is 0 Å². The third-order valence-electron chi connectivity index (χ3n) is 8.56. The minimum absolute atomic E-state index is 0.103. The molecule has 0 spiro atoms. The van der Waals surface area contributed by atoms with Crippen molar-refractivity contribution in [2.75, 3.05) is 0 Å². The Morgan fingerprint density at radius 3 is 2.65 bits per heavy atom. The third-order valence-corrected chi connectivity index (χ3v) is 8.56. The molecule has 0 aliphatic heterocycles. The molecule has 0 heterocycles. The van der Waals surface area contributed by atoms with Gasteiger partial charge >= 0.3 is 5.97 Å². The summed E-state index contributed by atoms with van der Waals surface area (Å²) in [6, 6.07) is 0. The highest BCUT2D eigenvalue weighted by Gasteiger charge is 2.57. The van der Waals surface area contributed by atoms with Crippen molar-refractivity contribution in [1.82, 2.24) is 0 Å². The number of ether oxygens (including phenoxy) is 1. The lowest BCUT2D eigenvalue weighted by atomic mass is 9.48. The Balaban J connectivity index is 1.60. The van der Waals surface area contributed by atoms with Gasteiger partial charge in [0.05, 0.1) is 0 Å². The quantitative estimate of drug-likeness (QED) is 0.449. The minimum atomic E-state index is -0.131. The smallest absolute Gasteiger partial charge is 0.302 e. The first-order valence-electron chi connectivity index (χ1n) is 10.6. The molecule has 0 saturated heterocycles. The number of hydrogen-bond acceptors (Lipinski definition) is 2. The van der Waals surface area contributed by atoms with Gasteiger partial charge in [-0.1, -0.05) is 49.8 Å². The van der Waals surface area contributed by atoms with Crippen molar-refractivity contribution in [3.63, 3.8) is 0 Å². The molecule has 142 valence electrons. The molecule has 2 heteroatoms. The zero-order valence-corrected chi connectivity index (χ0v) is 16.7. The monoisotopic (exact) mass is 354 g/mol. The lowest BCUT2D eigenvalue weighted by Crippen LogP contribution is -2.49. The van der Waals surface area contributed by atoms with E-state index in [0.717, 1.165) is 30.6 Å². The van der Waals surface area contributed by atoms with E-state index in [1.54, 1.807) is 11.1 Å². The highest BCUT2D eigenvalue weighted by molar-refractivity contribution is 5.66. The molecule has 2 nitrogen and oxygen atoms in total. The summed E-state index contributed by atoms with van der Waals surface area (Å²) in [5, 5.41) is 0. The maximum absolute atomic E-state index is 11.4. The van der Waals surface area contributed by atoms with Gasteiger partial charge in [0.1, 0.15) is 6.10 Å². The first-order valence-corrected chi connectivity index (χ1v) is 10.6. The molecule has 0 aromatic carbocycles. The fourth-order valence-electron chi connectivity index (χ4n) is 7.23. The Kier molecular flexibility index (Phi) is 4.44. The molecule has 6 unspecified atom stereocenters. The Bertz CT molecular complexity index is 672. The van der Waals surface area contributed by atoms with Gasteiger partial charge in [-0.2, -0.15) is 0 Å². The summed E-state index contributed by atoms with van der Waals surface area (Å²) in [5.41, 5.74) is 3.95. The Morgan fingerprint density at radius 1 is 1.19 bits per heavy atom. The number of esters is 1. The lowest BCUT2D eigenvalue weighted by Gasteiger charge is -2.57. The van der Waals surface area contributed by atoms with Gasteiger partial charge in [-0.3, -0.25) is 4.79 Å². The maximum Gasteiger partial charge on any atom is 0.302 e. The summed E-state index contributed by atoms with van der Waals surface area (Å²) < 4.78 is 5.55. The summed E-state index contributed by atoms with van der Waals surface area (Å²) in [7, 11) is 0. The molecule has 4 rings (SSSR count). The summed E-state index contributed by atoms with van der Waals surface area (Å²) in [6.45, 7) is 10.5. The van der Waals surface area contributed by atoms with Gasteiger partial charge in [-0.05, 0) is 73.5 Å². The second kappa shape index (κ2) is 6.39. The van der Waals surface area contributed by atoms with E-state index in [-0.39, 0.29) is 12.1 Å². The fraction of sp³-hybridized carbons (Fsp3) is 0.708. The minimum Gasteiger partial charge on any atom is -0.462 e. The van der Waals surface area contributed by atoms with Gasteiger partial charge in [0.25, 0.3) is 0 Å². The van der Waals surface area contributed by atoms with Crippen LogP contribution in [0.1, 0.15) is 72.1 Å². The van der Waals surface area contributed by atoms with Crippen molar-refractivity contribution < 1.29 is 9.53 Å². The average molecular weight is 355 g/mol. The first kappa shape index (κ1) is 18.1. The number of allylic oxidation sites excluding steroid dienone is 4. The molecule has 0 aromatic rings. The average Bonchev–Trinajstić information content (AvgIpc) is 2.92. The molecule has 3 saturated carbocycles. The van der Waals surface area contributed by atoms with E-state index in [9.17, 15) is 4.79 Å². The van der Waals surface area contributed by atoms with Crippen LogP contribution in [-0.2, 0) is 9.53 Å². The predicted molar refractivity (Wildman–Crippen MR) is 106 cm³/mol.